The van der Waals surface area contributed by atoms with E-state index in [0.29, 0.717) is 23.9 Å². The Morgan fingerprint density at radius 2 is 1.83 bits per heavy atom. The Kier molecular flexibility index (Phi) is 6.73. The highest BCUT2D eigenvalue weighted by Crippen LogP contribution is 2.38. The predicted octanol–water partition coefficient (Wildman–Crippen LogP) is 2.49. The number of ether oxygens (including phenoxy) is 4. The maximum atomic E-state index is 12.0. The van der Waals surface area contributed by atoms with Crippen LogP contribution in [0.1, 0.15) is 25.3 Å². The van der Waals surface area contributed by atoms with Crippen molar-refractivity contribution in [2.24, 2.45) is 5.92 Å². The summed E-state index contributed by atoms with van der Waals surface area (Å²) in [6.07, 6.45) is 1.89. The number of esters is 1. The Labute approximate surface area is 143 Å². The van der Waals surface area contributed by atoms with Crippen molar-refractivity contribution in [1.29, 1.82) is 0 Å². The molecule has 1 unspecified atom stereocenters. The van der Waals surface area contributed by atoms with Gasteiger partial charge < -0.3 is 18.9 Å². The van der Waals surface area contributed by atoms with Gasteiger partial charge in [0.05, 0.1) is 33.9 Å². The van der Waals surface area contributed by atoms with Crippen LogP contribution in [0.3, 0.4) is 0 Å². The van der Waals surface area contributed by atoms with Gasteiger partial charge in [0.2, 0.25) is 5.75 Å². The molecule has 6 heteroatoms. The van der Waals surface area contributed by atoms with Crippen molar-refractivity contribution in [3.05, 3.63) is 17.7 Å². The molecule has 1 atom stereocenters. The van der Waals surface area contributed by atoms with E-state index in [1.165, 1.54) is 0 Å². The van der Waals surface area contributed by atoms with Gasteiger partial charge in [-0.15, -0.1) is 0 Å². The van der Waals surface area contributed by atoms with Crippen molar-refractivity contribution in [3.8, 4) is 17.2 Å². The number of likely N-dealkylation sites (tertiary alicyclic amines) is 1. The van der Waals surface area contributed by atoms with Gasteiger partial charge in [-0.3, -0.25) is 9.69 Å². The fraction of sp³-hybridized carbons (Fsp3) is 0.611. The van der Waals surface area contributed by atoms with Gasteiger partial charge in [0.25, 0.3) is 0 Å². The molecule has 1 aromatic rings. The van der Waals surface area contributed by atoms with Crippen molar-refractivity contribution >= 4 is 5.97 Å². The van der Waals surface area contributed by atoms with Crippen LogP contribution in [-0.2, 0) is 16.1 Å². The summed E-state index contributed by atoms with van der Waals surface area (Å²) >= 11 is 0. The molecule has 1 aliphatic heterocycles. The lowest BCUT2D eigenvalue weighted by molar-refractivity contribution is -0.150. The largest absolute Gasteiger partial charge is 0.493 e. The minimum Gasteiger partial charge on any atom is -0.493 e. The number of methoxy groups -OCH3 is 3. The van der Waals surface area contributed by atoms with E-state index in [2.05, 4.69) is 4.90 Å². The summed E-state index contributed by atoms with van der Waals surface area (Å²) in [5.41, 5.74) is 1.06. The first-order chi connectivity index (χ1) is 11.6. The smallest absolute Gasteiger partial charge is 0.310 e. The molecule has 0 amide bonds. The van der Waals surface area contributed by atoms with Gasteiger partial charge >= 0.3 is 5.97 Å². The standard InChI is InChI=1S/C18H27NO5/c1-5-24-18(20)14-7-6-8-19(12-14)11-13-9-15(21-2)17(23-4)16(10-13)22-3/h9-10,14H,5-8,11-12H2,1-4H3. The summed E-state index contributed by atoms with van der Waals surface area (Å²) < 4.78 is 21.3. The van der Waals surface area contributed by atoms with Crippen LogP contribution in [0.4, 0.5) is 0 Å². The van der Waals surface area contributed by atoms with Crippen LogP contribution in [0.25, 0.3) is 0 Å². The van der Waals surface area contributed by atoms with Crippen molar-refractivity contribution in [1.82, 2.24) is 4.90 Å². The van der Waals surface area contributed by atoms with E-state index in [1.807, 2.05) is 19.1 Å². The van der Waals surface area contributed by atoms with Gasteiger partial charge in [-0.2, -0.15) is 0 Å². The molecule has 0 saturated carbocycles. The zero-order chi connectivity index (χ0) is 17.5. The Hall–Kier alpha value is -1.95. The van der Waals surface area contributed by atoms with E-state index >= 15 is 0 Å². The maximum Gasteiger partial charge on any atom is 0.310 e. The molecule has 1 saturated heterocycles. The second-order valence-corrected chi connectivity index (χ2v) is 5.86. The lowest BCUT2D eigenvalue weighted by Gasteiger charge is -2.31. The van der Waals surface area contributed by atoms with Gasteiger partial charge in [0.15, 0.2) is 11.5 Å². The minimum atomic E-state index is -0.0907. The van der Waals surface area contributed by atoms with Crippen LogP contribution in [0.15, 0.2) is 12.1 Å². The molecular weight excluding hydrogens is 310 g/mol. The van der Waals surface area contributed by atoms with Gasteiger partial charge in [-0.05, 0) is 44.0 Å². The maximum absolute atomic E-state index is 12.0. The monoisotopic (exact) mass is 337 g/mol. The van der Waals surface area contributed by atoms with E-state index < -0.39 is 0 Å². The Bertz CT molecular complexity index is 535. The molecule has 0 radical (unpaired) electrons. The fourth-order valence-electron chi connectivity index (χ4n) is 3.14. The van der Waals surface area contributed by atoms with Crippen molar-refractivity contribution in [2.45, 2.75) is 26.3 Å². The number of hydrogen-bond acceptors (Lipinski definition) is 6. The molecule has 1 aromatic carbocycles. The van der Waals surface area contributed by atoms with Crippen LogP contribution in [0, 0.1) is 5.92 Å². The highest BCUT2D eigenvalue weighted by atomic mass is 16.5. The molecular formula is C18H27NO5. The van der Waals surface area contributed by atoms with Crippen LogP contribution in [0.2, 0.25) is 0 Å². The molecule has 134 valence electrons. The van der Waals surface area contributed by atoms with Gasteiger partial charge in [-0.25, -0.2) is 0 Å². The quantitative estimate of drug-likeness (QED) is 0.713. The van der Waals surface area contributed by atoms with E-state index in [9.17, 15) is 4.79 Å². The van der Waals surface area contributed by atoms with Crippen LogP contribution < -0.4 is 14.2 Å². The summed E-state index contributed by atoms with van der Waals surface area (Å²) in [5, 5.41) is 0. The first kappa shape index (κ1) is 18.4. The number of piperidine rings is 1. The molecule has 0 aromatic heterocycles. The van der Waals surface area contributed by atoms with Gasteiger partial charge in [0, 0.05) is 13.1 Å². The van der Waals surface area contributed by atoms with E-state index in [4.69, 9.17) is 18.9 Å². The third-order valence-electron chi connectivity index (χ3n) is 4.26. The average Bonchev–Trinajstić information content (AvgIpc) is 2.61. The van der Waals surface area contributed by atoms with Gasteiger partial charge in [-0.1, -0.05) is 0 Å². The summed E-state index contributed by atoms with van der Waals surface area (Å²) in [4.78, 5) is 14.2. The lowest BCUT2D eigenvalue weighted by Crippen LogP contribution is -2.38. The molecule has 1 fully saturated rings. The Balaban J connectivity index is 2.11. The molecule has 6 nitrogen and oxygen atoms in total. The summed E-state index contributed by atoms with van der Waals surface area (Å²) in [5.74, 6) is 1.75. The third kappa shape index (κ3) is 4.32. The number of carbonyl (C=O) groups is 1. The second-order valence-electron chi connectivity index (χ2n) is 5.86. The molecule has 0 bridgehead atoms. The SMILES string of the molecule is CCOC(=O)C1CCCN(Cc2cc(OC)c(OC)c(OC)c2)C1. The average molecular weight is 337 g/mol. The number of rotatable bonds is 7. The van der Waals surface area contributed by atoms with Crippen LogP contribution >= 0.6 is 0 Å². The summed E-state index contributed by atoms with van der Waals surface area (Å²) in [6.45, 7) is 4.69. The number of benzene rings is 1. The fourth-order valence-corrected chi connectivity index (χ4v) is 3.14. The van der Waals surface area contributed by atoms with E-state index in [-0.39, 0.29) is 11.9 Å². The Morgan fingerprint density at radius 1 is 1.17 bits per heavy atom. The molecule has 0 N–H and O–H groups in total. The van der Waals surface area contributed by atoms with E-state index in [0.717, 1.165) is 38.0 Å². The first-order valence-electron chi connectivity index (χ1n) is 8.30. The highest BCUT2D eigenvalue weighted by molar-refractivity contribution is 5.72. The van der Waals surface area contributed by atoms with E-state index in [1.54, 1.807) is 21.3 Å². The predicted molar refractivity (Wildman–Crippen MR) is 90.7 cm³/mol. The third-order valence-corrected chi connectivity index (χ3v) is 4.26. The highest BCUT2D eigenvalue weighted by Gasteiger charge is 2.27. The Morgan fingerprint density at radius 3 is 2.38 bits per heavy atom. The molecule has 1 heterocycles. The first-order valence-corrected chi connectivity index (χ1v) is 8.30. The van der Waals surface area contributed by atoms with Crippen LogP contribution in [0.5, 0.6) is 17.2 Å². The molecule has 1 aliphatic rings. The zero-order valence-electron chi connectivity index (χ0n) is 15.0. The van der Waals surface area contributed by atoms with Crippen molar-refractivity contribution < 1.29 is 23.7 Å². The van der Waals surface area contributed by atoms with Gasteiger partial charge in [0.1, 0.15) is 0 Å². The minimum absolute atomic E-state index is 0.0410. The normalized spacial score (nSPS) is 18.1. The molecule has 0 aliphatic carbocycles. The van der Waals surface area contributed by atoms with Crippen molar-refractivity contribution in [2.75, 3.05) is 41.0 Å². The molecule has 24 heavy (non-hydrogen) atoms. The lowest BCUT2D eigenvalue weighted by atomic mass is 9.97. The topological polar surface area (TPSA) is 57.2 Å². The number of nitrogens with zero attached hydrogens (tertiary/aromatic N) is 1. The van der Waals surface area contributed by atoms with Crippen LogP contribution in [-0.4, -0.2) is 51.9 Å². The summed E-state index contributed by atoms with van der Waals surface area (Å²) in [7, 11) is 4.81. The zero-order valence-corrected chi connectivity index (χ0v) is 15.0. The molecule has 2 rings (SSSR count). The number of carbonyl (C=O) groups excluding carboxylic acids is 1. The second kappa shape index (κ2) is 8.78. The molecule has 0 spiro atoms. The summed E-state index contributed by atoms with van der Waals surface area (Å²) in [6, 6.07) is 3.91. The van der Waals surface area contributed by atoms with Crippen molar-refractivity contribution in [3.63, 3.8) is 0 Å². The number of hydrogen-bond donors (Lipinski definition) is 0.